The highest BCUT2D eigenvalue weighted by Crippen LogP contribution is 2.68. The summed E-state index contributed by atoms with van der Waals surface area (Å²) in [5, 5.41) is 9.76. The fraction of sp³-hybridized carbons (Fsp3) is 0.686. The summed E-state index contributed by atoms with van der Waals surface area (Å²) in [4.78, 5) is 52.5. The van der Waals surface area contributed by atoms with Crippen molar-refractivity contribution >= 4 is 17.5 Å². The summed E-state index contributed by atoms with van der Waals surface area (Å²) in [6.45, 7) is 13.9. The van der Waals surface area contributed by atoms with Gasteiger partial charge in [0.15, 0.2) is 29.7 Å². The summed E-state index contributed by atoms with van der Waals surface area (Å²) >= 11 is 0. The van der Waals surface area contributed by atoms with E-state index in [1.807, 2.05) is 32.9 Å². The molecule has 0 aromatic carbocycles. The average molecular weight is 592 g/mol. The van der Waals surface area contributed by atoms with Gasteiger partial charge in [0.1, 0.15) is 6.07 Å². The number of nitrogens with zero attached hydrogens (tertiary/aromatic N) is 1. The number of ether oxygens (including phenoxy) is 1. The van der Waals surface area contributed by atoms with Crippen LogP contribution in [-0.2, 0) is 25.7 Å². The van der Waals surface area contributed by atoms with Crippen molar-refractivity contribution in [3.63, 3.8) is 0 Å². The number of hydrogen-bond donors (Lipinski definition) is 0. The van der Waals surface area contributed by atoms with E-state index in [-0.39, 0.29) is 70.5 Å². The second-order valence-corrected chi connectivity index (χ2v) is 14.0. The molecule has 43 heavy (non-hydrogen) atoms. The number of allylic oxidation sites excluding steroid dienone is 4. The smallest absolute Gasteiger partial charge is 0.457 e. The zero-order valence-electron chi connectivity index (χ0n) is 26.6. The minimum absolute atomic E-state index is 0.0505. The third-order valence-corrected chi connectivity index (χ3v) is 12.0. The van der Waals surface area contributed by atoms with Crippen LogP contribution in [0.2, 0.25) is 0 Å². The van der Waals surface area contributed by atoms with Crippen LogP contribution < -0.4 is 5.82 Å². The van der Waals surface area contributed by atoms with E-state index in [9.17, 15) is 24.4 Å². The van der Waals surface area contributed by atoms with Crippen LogP contribution in [-0.4, -0.2) is 17.5 Å². The van der Waals surface area contributed by atoms with Crippen LogP contribution in [0, 0.1) is 70.0 Å². The molecule has 0 aliphatic heterocycles. The molecule has 8 heteroatoms. The van der Waals surface area contributed by atoms with E-state index in [0.29, 0.717) is 24.5 Å². The predicted molar refractivity (Wildman–Crippen MR) is 158 cm³/mol. The quantitative estimate of drug-likeness (QED) is 0.357. The normalized spacial score (nSPS) is 39.8. The van der Waals surface area contributed by atoms with Crippen molar-refractivity contribution < 1.29 is 28.0 Å². The van der Waals surface area contributed by atoms with E-state index in [2.05, 4.69) is 26.8 Å². The third-order valence-electron chi connectivity index (χ3n) is 12.0. The molecular formula is C35H45NO7. The zero-order chi connectivity index (χ0) is 31.5. The number of aryl methyl sites for hydroxylation is 1. The lowest BCUT2D eigenvalue weighted by molar-refractivity contribution is -0.179. The van der Waals surface area contributed by atoms with E-state index in [4.69, 9.17) is 13.6 Å². The summed E-state index contributed by atoms with van der Waals surface area (Å²) in [6, 6.07) is 2.12. The molecule has 232 valence electrons. The van der Waals surface area contributed by atoms with Gasteiger partial charge in [-0.3, -0.25) is 14.4 Å². The van der Waals surface area contributed by atoms with Gasteiger partial charge in [0.25, 0.3) is 0 Å². The van der Waals surface area contributed by atoms with Crippen molar-refractivity contribution in [1.29, 1.82) is 5.26 Å². The molecule has 1 aromatic heterocycles. The van der Waals surface area contributed by atoms with Gasteiger partial charge in [-0.05, 0) is 87.0 Å². The van der Waals surface area contributed by atoms with Crippen molar-refractivity contribution in [2.24, 2.45) is 51.8 Å². The van der Waals surface area contributed by atoms with Crippen LogP contribution in [0.1, 0.15) is 98.0 Å². The number of nitriles is 1. The summed E-state index contributed by atoms with van der Waals surface area (Å²) < 4.78 is 15.8. The summed E-state index contributed by atoms with van der Waals surface area (Å²) in [7, 11) is 0. The molecule has 6 rings (SSSR count). The molecule has 0 amide bonds. The Hall–Kier alpha value is -3.21. The van der Waals surface area contributed by atoms with Crippen molar-refractivity contribution in [2.45, 2.75) is 100 Å². The van der Waals surface area contributed by atoms with Gasteiger partial charge in [-0.15, -0.1) is 0 Å². The fourth-order valence-corrected chi connectivity index (χ4v) is 9.88. The lowest BCUT2D eigenvalue weighted by Crippen LogP contribution is -2.60. The van der Waals surface area contributed by atoms with Crippen molar-refractivity contribution in [1.82, 2.24) is 0 Å². The van der Waals surface area contributed by atoms with Crippen molar-refractivity contribution in [3.8, 4) is 6.07 Å². The molecule has 5 aliphatic rings. The molecule has 0 N–H and O–H groups in total. The number of ketones is 2. The van der Waals surface area contributed by atoms with Gasteiger partial charge in [-0.1, -0.05) is 53.2 Å². The van der Waals surface area contributed by atoms with Crippen molar-refractivity contribution in [2.75, 3.05) is 0 Å². The van der Waals surface area contributed by atoms with Crippen LogP contribution in [0.5, 0.6) is 0 Å². The highest BCUT2D eigenvalue weighted by molar-refractivity contribution is 6.02. The molecule has 0 radical (unpaired) electrons. The number of esters is 1. The van der Waals surface area contributed by atoms with Gasteiger partial charge in [0.05, 0.1) is 11.0 Å². The van der Waals surface area contributed by atoms with Gasteiger partial charge in [-0.25, -0.2) is 4.79 Å². The number of carbonyl (C=O) groups is 3. The van der Waals surface area contributed by atoms with Gasteiger partial charge in [0, 0.05) is 17.3 Å². The molecule has 0 bridgehead atoms. The Bertz CT molecular complexity index is 1490. The first-order chi connectivity index (χ1) is 20.4. The number of carbonyl (C=O) groups excluding carboxylic acids is 3. The lowest BCUT2D eigenvalue weighted by Gasteiger charge is -2.63. The highest BCUT2D eigenvalue weighted by Gasteiger charge is 2.65. The predicted octanol–water partition coefficient (Wildman–Crippen LogP) is 6.66. The molecule has 3 fully saturated rings. The van der Waals surface area contributed by atoms with Gasteiger partial charge in [-0.2, -0.15) is 5.26 Å². The molecule has 0 spiro atoms. The third kappa shape index (κ3) is 4.60. The van der Waals surface area contributed by atoms with Gasteiger partial charge in [0.2, 0.25) is 0 Å². The maximum absolute atomic E-state index is 14.2. The maximum Gasteiger partial charge on any atom is 0.519 e. The van der Waals surface area contributed by atoms with Crippen LogP contribution in [0.4, 0.5) is 0 Å². The molecule has 3 saturated carbocycles. The lowest BCUT2D eigenvalue weighted by atomic mass is 9.40. The molecule has 8 nitrogen and oxygen atoms in total. The summed E-state index contributed by atoms with van der Waals surface area (Å²) in [6.07, 6.45) is 9.13. The average Bonchev–Trinajstić information content (AvgIpc) is 3.31. The monoisotopic (exact) mass is 591 g/mol. The molecule has 1 aromatic rings. The van der Waals surface area contributed by atoms with E-state index >= 15 is 0 Å². The summed E-state index contributed by atoms with van der Waals surface area (Å²) in [5.74, 6) is -0.857. The Morgan fingerprint density at radius 2 is 1.70 bits per heavy atom. The number of fused-ring (bicyclic) bond motifs is 7. The Kier molecular flexibility index (Phi) is 8.03. The Balaban J connectivity index is 0.00000180. The van der Waals surface area contributed by atoms with Crippen LogP contribution in [0.25, 0.3) is 0 Å². The molecule has 9 atom stereocenters. The Morgan fingerprint density at radius 3 is 2.35 bits per heavy atom. The minimum Gasteiger partial charge on any atom is -0.457 e. The largest absolute Gasteiger partial charge is 0.519 e. The van der Waals surface area contributed by atoms with Gasteiger partial charge < -0.3 is 13.6 Å². The van der Waals surface area contributed by atoms with E-state index < -0.39 is 16.7 Å². The maximum atomic E-state index is 14.2. The molecular weight excluding hydrogens is 546 g/mol. The van der Waals surface area contributed by atoms with E-state index in [0.717, 1.165) is 37.7 Å². The zero-order valence-corrected chi connectivity index (χ0v) is 26.6. The van der Waals surface area contributed by atoms with Crippen LogP contribution in [0.15, 0.2) is 36.9 Å². The Morgan fingerprint density at radius 1 is 1.02 bits per heavy atom. The fourth-order valence-electron chi connectivity index (χ4n) is 9.88. The number of hydrogen-bond acceptors (Lipinski definition) is 8. The van der Waals surface area contributed by atoms with E-state index in [1.165, 1.54) is 0 Å². The Labute approximate surface area is 253 Å². The molecule has 0 saturated heterocycles. The highest BCUT2D eigenvalue weighted by atomic mass is 16.6. The van der Waals surface area contributed by atoms with Gasteiger partial charge >= 0.3 is 11.8 Å². The number of rotatable bonds is 3. The van der Waals surface area contributed by atoms with E-state index in [1.54, 1.807) is 6.92 Å². The first kappa shape index (κ1) is 31.2. The topological polar surface area (TPSA) is 128 Å². The van der Waals surface area contributed by atoms with Crippen LogP contribution >= 0.6 is 0 Å². The molecule has 4 unspecified atom stereocenters. The van der Waals surface area contributed by atoms with Crippen molar-refractivity contribution in [3.05, 3.63) is 45.4 Å². The minimum atomic E-state index is -0.822. The molecule has 1 heterocycles. The number of Topliss-reactive ketones (excluding diaryl/α,β-unsaturated/α-hetero) is 1. The first-order valence-corrected chi connectivity index (χ1v) is 16.1. The van der Waals surface area contributed by atoms with Crippen LogP contribution in [0.3, 0.4) is 0 Å². The first-order valence-electron chi connectivity index (χ1n) is 16.1. The second-order valence-electron chi connectivity index (χ2n) is 14.0. The summed E-state index contributed by atoms with van der Waals surface area (Å²) in [5.41, 5.74) is -0.306. The molecule has 5 aliphatic carbocycles. The second kappa shape index (κ2) is 11.1. The SMILES string of the molecule is CC.Cc1oc(=O)oc1COC(=O)[C@@]12CCC3C(C(=O)C=C4[C@@]5(C)C=C(C#N)C(=O)[C@H](C)C5CC[C@]43C)C1C[C@@H](C)CC2. The standard InChI is InChI=1S/C33H39NO7.C2H6/c1-17-6-10-33(29(37)39-16-25-19(3)40-30(38)41-25)11-8-22-27(23(33)12-17)24(35)13-26-31(22,4)9-7-21-18(2)28(36)20(15-34)14-32(21,26)5;1-2/h13-14,17-18,21-23,27H,6-12,16H2,1-5H3;1-2H3/t17-,18+,21?,22?,23?,27?,31-,32-,33-;/m0./s1.